The molecule has 26 heavy (non-hydrogen) atoms. The van der Waals surface area contributed by atoms with Crippen LogP contribution in [0.2, 0.25) is 0 Å². The van der Waals surface area contributed by atoms with Gasteiger partial charge in [-0.1, -0.05) is 5.21 Å². The highest BCUT2D eigenvalue weighted by Gasteiger charge is 2.31. The molecule has 1 saturated heterocycles. The van der Waals surface area contributed by atoms with E-state index >= 15 is 0 Å². The summed E-state index contributed by atoms with van der Waals surface area (Å²) in [5, 5.41) is 9.64. The van der Waals surface area contributed by atoms with Crippen LogP contribution >= 0.6 is 0 Å². The van der Waals surface area contributed by atoms with Crippen molar-refractivity contribution >= 4 is 16.8 Å². The van der Waals surface area contributed by atoms with E-state index < -0.39 is 0 Å². The maximum atomic E-state index is 13.0. The molecule has 0 bridgehead atoms. The molecule has 0 radical (unpaired) electrons. The van der Waals surface area contributed by atoms with Gasteiger partial charge in [-0.2, -0.15) is 0 Å². The van der Waals surface area contributed by atoms with Crippen molar-refractivity contribution in [1.29, 1.82) is 0 Å². The predicted octanol–water partition coefficient (Wildman–Crippen LogP) is 3.10. The second-order valence-corrected chi connectivity index (χ2v) is 7.45. The first kappa shape index (κ1) is 15.5. The van der Waals surface area contributed by atoms with Crippen LogP contribution in [-0.2, 0) is 0 Å². The fraction of sp³-hybridized carbons (Fsp3) is 0.400. The summed E-state index contributed by atoms with van der Waals surface area (Å²) in [6, 6.07) is 7.98. The highest BCUT2D eigenvalue weighted by Crippen LogP contribution is 2.39. The smallest absolute Gasteiger partial charge is 0.253 e. The molecule has 0 N–H and O–H groups in total. The molecule has 1 saturated carbocycles. The Morgan fingerprint density at radius 2 is 2.08 bits per heavy atom. The van der Waals surface area contributed by atoms with Gasteiger partial charge in [0.25, 0.3) is 5.91 Å². The van der Waals surface area contributed by atoms with Crippen molar-refractivity contribution in [1.82, 2.24) is 24.9 Å². The fourth-order valence-electron chi connectivity index (χ4n) is 3.78. The molecule has 1 aromatic carbocycles. The number of aryl methyl sites for hydroxylation is 1. The molecule has 1 amide bonds. The topological polar surface area (TPSA) is 63.9 Å². The van der Waals surface area contributed by atoms with Gasteiger partial charge in [0.15, 0.2) is 0 Å². The molecule has 2 fully saturated rings. The van der Waals surface area contributed by atoms with E-state index in [2.05, 4.69) is 21.5 Å². The van der Waals surface area contributed by atoms with Crippen LogP contribution < -0.4 is 0 Å². The summed E-state index contributed by atoms with van der Waals surface area (Å²) in [7, 11) is 0. The van der Waals surface area contributed by atoms with Gasteiger partial charge in [0.1, 0.15) is 0 Å². The molecule has 3 heterocycles. The van der Waals surface area contributed by atoms with Crippen LogP contribution in [0.1, 0.15) is 52.8 Å². The number of nitrogens with zero attached hydrogens (tertiary/aromatic N) is 5. The van der Waals surface area contributed by atoms with Crippen molar-refractivity contribution in [2.75, 3.05) is 13.1 Å². The Balaban J connectivity index is 1.35. The summed E-state index contributed by atoms with van der Waals surface area (Å²) in [4.78, 5) is 19.3. The predicted molar refractivity (Wildman–Crippen MR) is 98.0 cm³/mol. The van der Waals surface area contributed by atoms with Crippen LogP contribution in [-0.4, -0.2) is 43.9 Å². The minimum atomic E-state index is 0.0835. The third kappa shape index (κ3) is 2.66. The zero-order valence-corrected chi connectivity index (χ0v) is 14.8. The van der Waals surface area contributed by atoms with Gasteiger partial charge in [-0.05, 0) is 56.0 Å². The first-order valence-corrected chi connectivity index (χ1v) is 9.25. The van der Waals surface area contributed by atoms with Crippen molar-refractivity contribution in [2.45, 2.75) is 38.1 Å². The van der Waals surface area contributed by atoms with Crippen LogP contribution in [0.15, 0.2) is 36.7 Å². The molecule has 6 heteroatoms. The molecule has 132 valence electrons. The van der Waals surface area contributed by atoms with E-state index in [1.54, 1.807) is 6.20 Å². The van der Waals surface area contributed by atoms with Crippen molar-refractivity contribution < 1.29 is 4.79 Å². The van der Waals surface area contributed by atoms with Gasteiger partial charge in [-0.3, -0.25) is 9.78 Å². The average molecular weight is 347 g/mol. The third-order valence-corrected chi connectivity index (χ3v) is 5.55. The Morgan fingerprint density at radius 1 is 1.19 bits per heavy atom. The Bertz CT molecular complexity index is 991. The van der Waals surface area contributed by atoms with Gasteiger partial charge in [0.05, 0.1) is 17.3 Å². The molecular weight excluding hydrogens is 326 g/mol. The maximum Gasteiger partial charge on any atom is 0.253 e. The summed E-state index contributed by atoms with van der Waals surface area (Å²) >= 11 is 0. The SMILES string of the molecule is Cc1ccnc2ccc(C(=O)N3CCC(n4cc(C5CC5)nn4)C3)cc12. The number of carbonyl (C=O) groups is 1. The zero-order valence-electron chi connectivity index (χ0n) is 14.8. The normalized spacial score (nSPS) is 20.0. The van der Waals surface area contributed by atoms with Crippen LogP contribution in [0.5, 0.6) is 0 Å². The third-order valence-electron chi connectivity index (χ3n) is 5.55. The van der Waals surface area contributed by atoms with E-state index in [0.29, 0.717) is 12.5 Å². The number of likely N-dealkylation sites (tertiary alicyclic amines) is 1. The highest BCUT2D eigenvalue weighted by molar-refractivity contribution is 5.98. The van der Waals surface area contributed by atoms with Gasteiger partial charge in [0, 0.05) is 42.4 Å². The first-order valence-electron chi connectivity index (χ1n) is 9.25. The minimum Gasteiger partial charge on any atom is -0.336 e. The van der Waals surface area contributed by atoms with E-state index in [4.69, 9.17) is 0 Å². The van der Waals surface area contributed by atoms with E-state index in [-0.39, 0.29) is 11.9 Å². The second-order valence-electron chi connectivity index (χ2n) is 7.45. The number of hydrogen-bond acceptors (Lipinski definition) is 4. The lowest BCUT2D eigenvalue weighted by atomic mass is 10.1. The molecule has 3 aromatic rings. The molecule has 6 nitrogen and oxygen atoms in total. The van der Waals surface area contributed by atoms with Crippen molar-refractivity contribution in [2.24, 2.45) is 0 Å². The molecule has 1 unspecified atom stereocenters. The van der Waals surface area contributed by atoms with Crippen LogP contribution in [0.4, 0.5) is 0 Å². The number of fused-ring (bicyclic) bond motifs is 1. The summed E-state index contributed by atoms with van der Waals surface area (Å²) in [5.74, 6) is 0.692. The van der Waals surface area contributed by atoms with Gasteiger partial charge in [-0.25, -0.2) is 4.68 Å². The number of aromatic nitrogens is 4. The maximum absolute atomic E-state index is 13.0. The Hall–Kier alpha value is -2.76. The molecule has 2 aliphatic rings. The first-order chi connectivity index (χ1) is 12.7. The van der Waals surface area contributed by atoms with Crippen LogP contribution in [0.25, 0.3) is 10.9 Å². The Morgan fingerprint density at radius 3 is 2.92 bits per heavy atom. The molecule has 1 aliphatic carbocycles. The lowest BCUT2D eigenvalue weighted by molar-refractivity contribution is 0.0787. The second kappa shape index (κ2) is 5.90. The van der Waals surface area contributed by atoms with E-state index in [1.807, 2.05) is 40.8 Å². The van der Waals surface area contributed by atoms with Crippen LogP contribution in [0.3, 0.4) is 0 Å². The number of benzene rings is 1. The fourth-order valence-corrected chi connectivity index (χ4v) is 3.78. The van der Waals surface area contributed by atoms with E-state index in [9.17, 15) is 4.79 Å². The van der Waals surface area contributed by atoms with Crippen molar-refractivity contribution in [3.8, 4) is 0 Å². The summed E-state index contributed by atoms with van der Waals surface area (Å²) in [6.45, 7) is 3.49. The molecule has 2 aromatic heterocycles. The summed E-state index contributed by atoms with van der Waals surface area (Å²) < 4.78 is 1.95. The lowest BCUT2D eigenvalue weighted by Gasteiger charge is -2.17. The monoisotopic (exact) mass is 347 g/mol. The van der Waals surface area contributed by atoms with Gasteiger partial charge in [-0.15, -0.1) is 5.10 Å². The van der Waals surface area contributed by atoms with E-state index in [0.717, 1.165) is 40.7 Å². The molecule has 1 atom stereocenters. The summed E-state index contributed by atoms with van der Waals surface area (Å²) in [6.07, 6.45) is 7.25. The number of pyridine rings is 1. The van der Waals surface area contributed by atoms with E-state index in [1.165, 1.54) is 12.8 Å². The Kier molecular flexibility index (Phi) is 3.51. The number of rotatable bonds is 3. The largest absolute Gasteiger partial charge is 0.336 e. The van der Waals surface area contributed by atoms with Crippen molar-refractivity contribution in [3.63, 3.8) is 0 Å². The van der Waals surface area contributed by atoms with Gasteiger partial charge >= 0.3 is 0 Å². The Labute approximate surface area is 151 Å². The van der Waals surface area contributed by atoms with Gasteiger partial charge in [0.2, 0.25) is 0 Å². The molecule has 1 aliphatic heterocycles. The average Bonchev–Trinajstić information content (AvgIpc) is 3.19. The zero-order chi connectivity index (χ0) is 17.7. The highest BCUT2D eigenvalue weighted by atomic mass is 16.2. The van der Waals surface area contributed by atoms with Crippen molar-refractivity contribution in [3.05, 3.63) is 53.5 Å². The quantitative estimate of drug-likeness (QED) is 0.730. The number of carbonyl (C=O) groups excluding carboxylic acids is 1. The summed E-state index contributed by atoms with van der Waals surface area (Å²) in [5.41, 5.74) is 3.90. The molecular formula is C20H21N5O. The number of amides is 1. The lowest BCUT2D eigenvalue weighted by Crippen LogP contribution is -2.29. The van der Waals surface area contributed by atoms with Crippen LogP contribution in [0, 0.1) is 6.92 Å². The molecule has 0 spiro atoms. The standard InChI is InChI=1S/C20H21N5O/c1-13-6-8-21-18-5-4-15(10-17(13)18)20(26)24-9-7-16(11-24)25-12-19(22-23-25)14-2-3-14/h4-6,8,10,12,14,16H,2-3,7,9,11H2,1H3. The minimum absolute atomic E-state index is 0.0835. The van der Waals surface area contributed by atoms with Gasteiger partial charge < -0.3 is 4.90 Å². The molecule has 5 rings (SSSR count). The number of hydrogen-bond donors (Lipinski definition) is 0.